The Kier molecular flexibility index (Phi) is 3.75. The fraction of sp³-hybridized carbons (Fsp3) is 0.273. The third-order valence-electron chi connectivity index (χ3n) is 2.04. The largest absolute Gasteiger partial charge is 0.338 e. The lowest BCUT2D eigenvalue weighted by Crippen LogP contribution is -2.05. The van der Waals surface area contributed by atoms with Crippen molar-refractivity contribution < 1.29 is 8.91 Å². The summed E-state index contributed by atoms with van der Waals surface area (Å²) in [4.78, 5) is 4.96. The summed E-state index contributed by atoms with van der Waals surface area (Å²) in [6.07, 6.45) is 0. The average Bonchev–Trinajstić information content (AvgIpc) is 2.75. The summed E-state index contributed by atoms with van der Waals surface area (Å²) in [6, 6.07) is 6.11. The fourth-order valence-electron chi connectivity index (χ4n) is 1.22. The van der Waals surface area contributed by atoms with Crippen LogP contribution in [0, 0.1) is 5.82 Å². The van der Waals surface area contributed by atoms with E-state index in [1.54, 1.807) is 13.0 Å². The second-order valence-electron chi connectivity index (χ2n) is 3.58. The number of nitrogens with two attached hydrogens (primary N) is 1. The predicted octanol–water partition coefficient (Wildman–Crippen LogP) is 2.52. The minimum absolute atomic E-state index is 0.251. The highest BCUT2D eigenvalue weighted by Gasteiger charge is 2.10. The van der Waals surface area contributed by atoms with Crippen molar-refractivity contribution in [3.63, 3.8) is 0 Å². The Bertz CT molecular complexity index is 501. The second kappa shape index (κ2) is 5.29. The highest BCUT2D eigenvalue weighted by atomic mass is 32.2. The van der Waals surface area contributed by atoms with Crippen molar-refractivity contribution in [2.75, 3.05) is 0 Å². The minimum atomic E-state index is -0.268. The van der Waals surface area contributed by atoms with Crippen LogP contribution in [0.3, 0.4) is 0 Å². The number of hydrogen-bond acceptors (Lipinski definition) is 5. The van der Waals surface area contributed by atoms with Crippen molar-refractivity contribution in [1.82, 2.24) is 10.1 Å². The van der Waals surface area contributed by atoms with Gasteiger partial charge in [-0.15, -0.1) is 11.8 Å². The molecule has 2 rings (SSSR count). The van der Waals surface area contributed by atoms with Crippen molar-refractivity contribution in [3.05, 3.63) is 41.8 Å². The Hall–Kier alpha value is -1.40. The van der Waals surface area contributed by atoms with Gasteiger partial charge in [0.1, 0.15) is 5.82 Å². The molecule has 0 fully saturated rings. The van der Waals surface area contributed by atoms with Gasteiger partial charge in [-0.2, -0.15) is 4.98 Å². The fourth-order valence-corrected chi connectivity index (χ4v) is 2.00. The first-order chi connectivity index (χ1) is 8.15. The highest BCUT2D eigenvalue weighted by molar-refractivity contribution is 7.98. The summed E-state index contributed by atoms with van der Waals surface area (Å²) in [7, 11) is 0. The van der Waals surface area contributed by atoms with E-state index in [0.29, 0.717) is 17.5 Å². The zero-order valence-electron chi connectivity index (χ0n) is 9.26. The first-order valence-corrected chi connectivity index (χ1v) is 6.10. The summed E-state index contributed by atoms with van der Waals surface area (Å²) in [6.45, 7) is 1.77. The molecule has 1 aromatic heterocycles. The van der Waals surface area contributed by atoms with Crippen molar-refractivity contribution in [3.8, 4) is 0 Å². The molecule has 2 N–H and O–H groups in total. The maximum atomic E-state index is 12.9. The topological polar surface area (TPSA) is 64.9 Å². The van der Waals surface area contributed by atoms with Crippen molar-refractivity contribution in [2.45, 2.75) is 23.6 Å². The lowest BCUT2D eigenvalue weighted by Gasteiger charge is -1.97. The number of nitrogens with zero attached hydrogens (tertiary/aromatic N) is 2. The van der Waals surface area contributed by atoms with Crippen LogP contribution in [0.4, 0.5) is 4.39 Å². The maximum absolute atomic E-state index is 12.9. The minimum Gasteiger partial charge on any atom is -0.338 e. The molecule has 0 amide bonds. The van der Waals surface area contributed by atoms with Crippen LogP contribution in [0.15, 0.2) is 33.7 Å². The van der Waals surface area contributed by atoms with E-state index in [1.807, 2.05) is 6.07 Å². The molecule has 1 aromatic carbocycles. The van der Waals surface area contributed by atoms with Gasteiger partial charge in [-0.3, -0.25) is 0 Å². The van der Waals surface area contributed by atoms with E-state index >= 15 is 0 Å². The number of benzene rings is 1. The van der Waals surface area contributed by atoms with Crippen molar-refractivity contribution in [1.29, 1.82) is 0 Å². The summed E-state index contributed by atoms with van der Waals surface area (Å²) in [5.74, 6) is 1.26. The summed E-state index contributed by atoms with van der Waals surface area (Å²) < 4.78 is 17.9. The van der Waals surface area contributed by atoms with E-state index < -0.39 is 0 Å². The molecule has 1 unspecified atom stereocenters. The van der Waals surface area contributed by atoms with E-state index in [-0.39, 0.29) is 11.9 Å². The van der Waals surface area contributed by atoms with Crippen molar-refractivity contribution in [2.24, 2.45) is 5.73 Å². The summed E-state index contributed by atoms with van der Waals surface area (Å²) >= 11 is 1.45. The Morgan fingerprint density at radius 1 is 1.53 bits per heavy atom. The molecule has 90 valence electrons. The molecule has 1 heterocycles. The number of hydrogen-bond donors (Lipinski definition) is 1. The van der Waals surface area contributed by atoms with E-state index in [4.69, 9.17) is 10.3 Å². The molecular weight excluding hydrogens is 241 g/mol. The van der Waals surface area contributed by atoms with E-state index in [2.05, 4.69) is 10.1 Å². The van der Waals surface area contributed by atoms with E-state index in [9.17, 15) is 4.39 Å². The van der Waals surface area contributed by atoms with Crippen molar-refractivity contribution >= 4 is 11.8 Å². The number of aromatic nitrogens is 2. The van der Waals surface area contributed by atoms with Crippen LogP contribution in [0.5, 0.6) is 0 Å². The van der Waals surface area contributed by atoms with Gasteiger partial charge in [-0.05, 0) is 25.1 Å². The third-order valence-corrected chi connectivity index (χ3v) is 3.03. The monoisotopic (exact) mass is 253 g/mol. The SMILES string of the molecule is CC(N)c1nc(CSc2cccc(F)c2)no1. The Balaban J connectivity index is 1.97. The molecule has 6 heteroatoms. The zero-order chi connectivity index (χ0) is 12.3. The predicted molar refractivity (Wildman–Crippen MR) is 62.9 cm³/mol. The van der Waals surface area contributed by atoms with E-state index in [0.717, 1.165) is 4.90 Å². The first-order valence-electron chi connectivity index (χ1n) is 5.11. The number of thioether (sulfide) groups is 1. The van der Waals surface area contributed by atoms with Gasteiger partial charge in [0.15, 0.2) is 5.82 Å². The normalized spacial score (nSPS) is 12.6. The van der Waals surface area contributed by atoms with E-state index in [1.165, 1.54) is 23.9 Å². The number of rotatable bonds is 4. The lowest BCUT2D eigenvalue weighted by atomic mass is 10.4. The molecule has 0 bridgehead atoms. The van der Waals surface area contributed by atoms with Gasteiger partial charge in [-0.1, -0.05) is 11.2 Å². The molecule has 2 aromatic rings. The average molecular weight is 253 g/mol. The summed E-state index contributed by atoms with van der Waals surface area (Å²) in [5.41, 5.74) is 5.60. The smallest absolute Gasteiger partial charge is 0.243 e. The molecule has 0 saturated carbocycles. The van der Waals surface area contributed by atoms with Gasteiger partial charge in [0.05, 0.1) is 11.8 Å². The maximum Gasteiger partial charge on any atom is 0.243 e. The van der Waals surface area contributed by atoms with Crippen LogP contribution in [0.1, 0.15) is 24.7 Å². The molecule has 0 saturated heterocycles. The summed E-state index contributed by atoms with van der Waals surface area (Å²) in [5, 5.41) is 3.79. The molecule has 0 aliphatic heterocycles. The highest BCUT2D eigenvalue weighted by Crippen LogP contribution is 2.22. The third kappa shape index (κ3) is 3.28. The van der Waals surface area contributed by atoms with Crippen LogP contribution in [0.25, 0.3) is 0 Å². The molecule has 0 radical (unpaired) electrons. The van der Waals surface area contributed by atoms with Gasteiger partial charge in [0, 0.05) is 4.90 Å². The van der Waals surface area contributed by atoms with Gasteiger partial charge in [0.2, 0.25) is 5.89 Å². The Labute approximate surface area is 102 Å². The van der Waals surface area contributed by atoms with Gasteiger partial charge >= 0.3 is 0 Å². The standard InChI is InChI=1S/C11H12FN3OS/c1-7(13)11-14-10(15-16-11)6-17-9-4-2-3-8(12)5-9/h2-5,7H,6,13H2,1H3. The number of halogens is 1. The molecule has 0 spiro atoms. The molecule has 0 aliphatic rings. The van der Waals surface area contributed by atoms with Gasteiger partial charge in [-0.25, -0.2) is 4.39 Å². The molecule has 1 atom stereocenters. The quantitative estimate of drug-likeness (QED) is 0.848. The zero-order valence-corrected chi connectivity index (χ0v) is 10.1. The molecule has 0 aliphatic carbocycles. The van der Waals surface area contributed by atoms with Crippen LogP contribution in [-0.2, 0) is 5.75 Å². The van der Waals surface area contributed by atoms with Gasteiger partial charge < -0.3 is 10.3 Å². The van der Waals surface area contributed by atoms with Crippen LogP contribution < -0.4 is 5.73 Å². The molecule has 17 heavy (non-hydrogen) atoms. The Morgan fingerprint density at radius 3 is 3.00 bits per heavy atom. The van der Waals surface area contributed by atoms with Crippen LogP contribution in [-0.4, -0.2) is 10.1 Å². The first kappa shape index (κ1) is 12.1. The molecular formula is C11H12FN3OS. The van der Waals surface area contributed by atoms with Crippen LogP contribution in [0.2, 0.25) is 0 Å². The second-order valence-corrected chi connectivity index (χ2v) is 4.63. The van der Waals surface area contributed by atoms with Gasteiger partial charge in [0.25, 0.3) is 0 Å². The lowest BCUT2D eigenvalue weighted by molar-refractivity contribution is 0.358. The van der Waals surface area contributed by atoms with Crippen LogP contribution >= 0.6 is 11.8 Å². The Morgan fingerprint density at radius 2 is 2.35 bits per heavy atom. The molecule has 4 nitrogen and oxygen atoms in total.